The number of rotatable bonds is 5. The number of aliphatic imine (C=N–C) groups is 1. The van der Waals surface area contributed by atoms with Gasteiger partial charge in [0.15, 0.2) is 5.96 Å². The second-order valence-electron chi connectivity index (χ2n) is 8.60. The molecule has 0 amide bonds. The van der Waals surface area contributed by atoms with E-state index in [1.165, 1.54) is 37.9 Å². The second kappa shape index (κ2) is 10.6. The number of hydrogen-bond donors (Lipinski definition) is 1. The molecule has 9 heteroatoms. The molecule has 1 unspecified atom stereocenters. The normalized spacial score (nSPS) is 23.1. The molecule has 3 aliphatic rings. The zero-order valence-electron chi connectivity index (χ0n) is 18.1. The number of anilines is 1. The predicted octanol–water partition coefficient (Wildman–Crippen LogP) is 3.90. The zero-order chi connectivity index (χ0) is 21.1. The largest absolute Gasteiger partial charge is 0.416 e. The molecule has 2 saturated heterocycles. The van der Waals surface area contributed by atoms with Gasteiger partial charge in [-0.15, -0.1) is 24.0 Å². The van der Waals surface area contributed by atoms with Crippen LogP contribution >= 0.6 is 24.0 Å². The number of guanidine groups is 1. The average molecular weight is 551 g/mol. The molecule has 0 bridgehead atoms. The van der Waals surface area contributed by atoms with Crippen molar-refractivity contribution >= 4 is 35.6 Å². The van der Waals surface area contributed by atoms with Gasteiger partial charge in [-0.1, -0.05) is 6.07 Å². The van der Waals surface area contributed by atoms with Crippen molar-refractivity contribution in [3.05, 3.63) is 29.8 Å². The number of likely N-dealkylation sites (tertiary alicyclic amines) is 1. The summed E-state index contributed by atoms with van der Waals surface area (Å²) in [5, 5.41) is 3.40. The fraction of sp³-hybridized carbons (Fsp3) is 0.682. The predicted molar refractivity (Wildman–Crippen MR) is 129 cm³/mol. The number of nitrogens with one attached hydrogen (secondary N) is 1. The molecule has 1 aliphatic carbocycles. The van der Waals surface area contributed by atoms with Crippen molar-refractivity contribution in [2.75, 3.05) is 57.3 Å². The van der Waals surface area contributed by atoms with E-state index >= 15 is 0 Å². The highest BCUT2D eigenvalue weighted by Crippen LogP contribution is 2.32. The fourth-order valence-electron chi connectivity index (χ4n) is 4.48. The lowest BCUT2D eigenvalue weighted by Crippen LogP contribution is -2.52. The topological polar surface area (TPSA) is 34.1 Å². The van der Waals surface area contributed by atoms with Crippen LogP contribution in [0.25, 0.3) is 0 Å². The molecule has 1 aromatic carbocycles. The Morgan fingerprint density at radius 1 is 1.10 bits per heavy atom. The van der Waals surface area contributed by atoms with E-state index in [1.807, 2.05) is 4.90 Å². The van der Waals surface area contributed by atoms with Crippen LogP contribution in [0.3, 0.4) is 0 Å². The van der Waals surface area contributed by atoms with Crippen LogP contribution in [-0.2, 0) is 6.18 Å². The number of hydrogen-bond acceptors (Lipinski definition) is 3. The molecule has 5 nitrogen and oxygen atoms in total. The number of benzene rings is 1. The third kappa shape index (κ3) is 6.40. The molecule has 0 radical (unpaired) electrons. The summed E-state index contributed by atoms with van der Waals surface area (Å²) in [6.07, 6.45) is -0.371. The summed E-state index contributed by atoms with van der Waals surface area (Å²) in [6, 6.07) is 6.46. The molecule has 2 heterocycles. The van der Waals surface area contributed by atoms with Crippen molar-refractivity contribution in [2.45, 2.75) is 38.4 Å². The van der Waals surface area contributed by atoms with Gasteiger partial charge in [-0.05, 0) is 56.8 Å². The van der Waals surface area contributed by atoms with E-state index in [-0.39, 0.29) is 24.0 Å². The first-order chi connectivity index (χ1) is 14.4. The lowest BCUT2D eigenvalue weighted by molar-refractivity contribution is -0.137. The van der Waals surface area contributed by atoms with E-state index in [0.29, 0.717) is 24.7 Å². The fourth-order valence-corrected chi connectivity index (χ4v) is 4.48. The number of alkyl halides is 3. The van der Waals surface area contributed by atoms with E-state index in [9.17, 15) is 13.2 Å². The van der Waals surface area contributed by atoms with E-state index in [1.54, 1.807) is 6.07 Å². The van der Waals surface area contributed by atoms with Crippen LogP contribution in [0.2, 0.25) is 0 Å². The van der Waals surface area contributed by atoms with E-state index in [0.717, 1.165) is 50.8 Å². The quantitative estimate of drug-likeness (QED) is 0.342. The molecule has 0 aromatic heterocycles. The van der Waals surface area contributed by atoms with Crippen molar-refractivity contribution in [1.29, 1.82) is 0 Å². The van der Waals surface area contributed by atoms with Gasteiger partial charge in [0.1, 0.15) is 0 Å². The first-order valence-corrected chi connectivity index (χ1v) is 11.1. The Morgan fingerprint density at radius 3 is 2.48 bits per heavy atom. The molecule has 0 spiro atoms. The first-order valence-electron chi connectivity index (χ1n) is 11.1. The smallest absolute Gasteiger partial charge is 0.368 e. The van der Waals surface area contributed by atoms with Crippen LogP contribution in [0, 0.1) is 5.92 Å². The van der Waals surface area contributed by atoms with E-state index < -0.39 is 11.7 Å². The molecule has 1 atom stereocenters. The van der Waals surface area contributed by atoms with Gasteiger partial charge in [0.05, 0.1) is 5.56 Å². The summed E-state index contributed by atoms with van der Waals surface area (Å²) in [5.41, 5.74) is 0.0478. The van der Waals surface area contributed by atoms with Gasteiger partial charge >= 0.3 is 6.18 Å². The molecule has 4 rings (SSSR count). The molecule has 1 saturated carbocycles. The number of halogens is 4. The Kier molecular flexibility index (Phi) is 8.34. The van der Waals surface area contributed by atoms with Crippen molar-refractivity contribution in [3.63, 3.8) is 0 Å². The maximum Gasteiger partial charge on any atom is 0.416 e. The molecule has 174 valence electrons. The Bertz CT molecular complexity index is 745. The molecule has 2 aliphatic heterocycles. The highest BCUT2D eigenvalue weighted by Gasteiger charge is 2.34. The van der Waals surface area contributed by atoms with Crippen LogP contribution in [0.15, 0.2) is 29.3 Å². The Labute approximate surface area is 200 Å². The summed E-state index contributed by atoms with van der Waals surface area (Å²) < 4.78 is 39.1. The van der Waals surface area contributed by atoms with Crippen LogP contribution in [-0.4, -0.2) is 74.2 Å². The van der Waals surface area contributed by atoms with Gasteiger partial charge in [0.25, 0.3) is 0 Å². The molecule has 1 aromatic rings. The highest BCUT2D eigenvalue weighted by molar-refractivity contribution is 14.0. The summed E-state index contributed by atoms with van der Waals surface area (Å²) in [7, 11) is 0. The van der Waals surface area contributed by atoms with Crippen molar-refractivity contribution in [1.82, 2.24) is 15.1 Å². The van der Waals surface area contributed by atoms with Crippen LogP contribution in [0.1, 0.15) is 31.7 Å². The van der Waals surface area contributed by atoms with Gasteiger partial charge in [0, 0.05) is 57.5 Å². The Balaban J connectivity index is 0.00000272. The highest BCUT2D eigenvalue weighted by atomic mass is 127. The monoisotopic (exact) mass is 551 g/mol. The van der Waals surface area contributed by atoms with Crippen LogP contribution in [0.4, 0.5) is 18.9 Å². The minimum Gasteiger partial charge on any atom is -0.368 e. The van der Waals surface area contributed by atoms with Crippen molar-refractivity contribution in [2.24, 2.45) is 10.9 Å². The van der Waals surface area contributed by atoms with Gasteiger partial charge in [-0.25, -0.2) is 0 Å². The van der Waals surface area contributed by atoms with Gasteiger partial charge < -0.3 is 20.0 Å². The maximum absolute atomic E-state index is 13.0. The first kappa shape index (κ1) is 24.4. The van der Waals surface area contributed by atoms with Gasteiger partial charge in [0.2, 0.25) is 0 Å². The van der Waals surface area contributed by atoms with Crippen LogP contribution in [0.5, 0.6) is 0 Å². The third-order valence-corrected chi connectivity index (χ3v) is 6.33. The van der Waals surface area contributed by atoms with Gasteiger partial charge in [-0.2, -0.15) is 13.2 Å². The maximum atomic E-state index is 13.0. The van der Waals surface area contributed by atoms with Crippen molar-refractivity contribution < 1.29 is 13.2 Å². The molecule has 1 N–H and O–H groups in total. The molecular formula is C22H33F3IN5. The summed E-state index contributed by atoms with van der Waals surface area (Å²) in [5.74, 6) is 1.57. The minimum absolute atomic E-state index is 0. The minimum atomic E-state index is -4.31. The standard InChI is InChI=1S/C22H32F3N5.HI/c1-2-26-21(27-15-17-8-9-30(16-17)19-6-7-19)29-12-10-28(11-13-29)20-5-3-4-18(14-20)22(23,24)25;/h3-5,14,17,19H,2,6-13,15-16H2,1H3,(H,26,27);1H. The van der Waals surface area contributed by atoms with E-state index in [2.05, 4.69) is 22.0 Å². The third-order valence-electron chi connectivity index (χ3n) is 6.33. The molecule has 3 fully saturated rings. The average Bonchev–Trinajstić information content (AvgIpc) is 3.49. The lowest BCUT2D eigenvalue weighted by Gasteiger charge is -2.38. The Hall–Kier alpha value is -1.23. The zero-order valence-corrected chi connectivity index (χ0v) is 20.4. The number of nitrogens with zero attached hydrogens (tertiary/aromatic N) is 4. The molecule has 31 heavy (non-hydrogen) atoms. The second-order valence-corrected chi connectivity index (χ2v) is 8.60. The van der Waals surface area contributed by atoms with Gasteiger partial charge in [-0.3, -0.25) is 4.99 Å². The summed E-state index contributed by atoms with van der Waals surface area (Å²) >= 11 is 0. The van der Waals surface area contributed by atoms with Crippen molar-refractivity contribution in [3.8, 4) is 0 Å². The lowest BCUT2D eigenvalue weighted by atomic mass is 10.1. The summed E-state index contributed by atoms with van der Waals surface area (Å²) in [6.45, 7) is 8.97. The summed E-state index contributed by atoms with van der Waals surface area (Å²) in [4.78, 5) is 11.8. The molecular weight excluding hydrogens is 518 g/mol. The van der Waals surface area contributed by atoms with E-state index in [4.69, 9.17) is 4.99 Å². The van der Waals surface area contributed by atoms with Crippen LogP contribution < -0.4 is 10.2 Å². The number of piperazine rings is 1. The SMILES string of the molecule is CCNC(=NCC1CCN(C2CC2)C1)N1CCN(c2cccc(C(F)(F)F)c2)CC1.I. The Morgan fingerprint density at radius 2 is 1.84 bits per heavy atom.